The monoisotopic (exact) mass is 228 g/mol. The summed E-state index contributed by atoms with van der Waals surface area (Å²) >= 11 is 0. The van der Waals surface area contributed by atoms with Crippen LogP contribution >= 0.6 is 0 Å². The maximum absolute atomic E-state index is 11.2. The SMILES string of the molecule is NCCC(=O)N[C@@H](Cc1cnc[nH]1)C(O)O. The van der Waals surface area contributed by atoms with E-state index in [1.165, 1.54) is 6.33 Å². The van der Waals surface area contributed by atoms with E-state index in [-0.39, 0.29) is 25.3 Å². The van der Waals surface area contributed by atoms with E-state index >= 15 is 0 Å². The molecule has 0 aliphatic heterocycles. The molecule has 0 saturated carbocycles. The average molecular weight is 228 g/mol. The zero-order chi connectivity index (χ0) is 12.0. The number of aliphatic hydroxyl groups is 2. The lowest BCUT2D eigenvalue weighted by molar-refractivity contribution is -0.126. The number of carbonyl (C=O) groups excluding carboxylic acids is 1. The van der Waals surface area contributed by atoms with Crippen molar-refractivity contribution in [1.82, 2.24) is 15.3 Å². The number of H-pyrrole nitrogens is 1. The zero-order valence-electron chi connectivity index (χ0n) is 8.76. The van der Waals surface area contributed by atoms with Crippen LogP contribution in [-0.2, 0) is 11.2 Å². The number of nitrogens with zero attached hydrogens (tertiary/aromatic N) is 1. The van der Waals surface area contributed by atoms with Crippen LogP contribution in [0.4, 0.5) is 0 Å². The third-order valence-electron chi connectivity index (χ3n) is 2.07. The number of aromatic amines is 1. The third kappa shape index (κ3) is 3.97. The predicted molar refractivity (Wildman–Crippen MR) is 56.1 cm³/mol. The van der Waals surface area contributed by atoms with Crippen LogP contribution in [0.1, 0.15) is 12.1 Å². The van der Waals surface area contributed by atoms with E-state index in [9.17, 15) is 4.79 Å². The van der Waals surface area contributed by atoms with Crippen LogP contribution in [0.5, 0.6) is 0 Å². The number of nitrogens with two attached hydrogens (primary N) is 1. The number of rotatable bonds is 6. The van der Waals surface area contributed by atoms with Crippen LogP contribution in [0.15, 0.2) is 12.5 Å². The van der Waals surface area contributed by atoms with Crippen molar-refractivity contribution >= 4 is 5.91 Å². The molecule has 0 bridgehead atoms. The normalized spacial score (nSPS) is 12.8. The minimum Gasteiger partial charge on any atom is -0.366 e. The Labute approximate surface area is 92.7 Å². The van der Waals surface area contributed by atoms with Crippen molar-refractivity contribution < 1.29 is 15.0 Å². The topological polar surface area (TPSA) is 124 Å². The largest absolute Gasteiger partial charge is 0.366 e. The number of amides is 1. The van der Waals surface area contributed by atoms with Crippen LogP contribution in [0.3, 0.4) is 0 Å². The van der Waals surface area contributed by atoms with Crippen molar-refractivity contribution in [3.05, 3.63) is 18.2 Å². The summed E-state index contributed by atoms with van der Waals surface area (Å²) in [7, 11) is 0. The molecule has 0 radical (unpaired) electrons. The summed E-state index contributed by atoms with van der Waals surface area (Å²) in [6, 6.07) is -0.764. The van der Waals surface area contributed by atoms with Gasteiger partial charge in [0.15, 0.2) is 6.29 Å². The lowest BCUT2D eigenvalue weighted by atomic mass is 10.1. The Morgan fingerprint density at radius 3 is 2.88 bits per heavy atom. The Morgan fingerprint density at radius 2 is 2.38 bits per heavy atom. The highest BCUT2D eigenvalue weighted by molar-refractivity contribution is 5.76. The van der Waals surface area contributed by atoms with Gasteiger partial charge >= 0.3 is 0 Å². The molecule has 6 N–H and O–H groups in total. The molecular formula is C9H16N4O3. The van der Waals surface area contributed by atoms with E-state index in [1.54, 1.807) is 6.20 Å². The second-order valence-corrected chi connectivity index (χ2v) is 3.41. The summed E-state index contributed by atoms with van der Waals surface area (Å²) in [5, 5.41) is 20.7. The highest BCUT2D eigenvalue weighted by Crippen LogP contribution is 2.01. The van der Waals surface area contributed by atoms with Gasteiger partial charge in [-0.3, -0.25) is 4.79 Å². The minimum atomic E-state index is -1.62. The molecular weight excluding hydrogens is 212 g/mol. The summed E-state index contributed by atoms with van der Waals surface area (Å²) in [5.74, 6) is -0.305. The molecule has 90 valence electrons. The number of aliphatic hydroxyl groups excluding tert-OH is 1. The number of nitrogens with one attached hydrogen (secondary N) is 2. The van der Waals surface area contributed by atoms with Gasteiger partial charge in [0.25, 0.3) is 0 Å². The Balaban J connectivity index is 2.51. The van der Waals surface area contributed by atoms with Crippen molar-refractivity contribution in [2.75, 3.05) is 6.54 Å². The highest BCUT2D eigenvalue weighted by atomic mass is 16.5. The summed E-state index contributed by atoms with van der Waals surface area (Å²) in [5.41, 5.74) is 5.93. The second-order valence-electron chi connectivity index (χ2n) is 3.41. The van der Waals surface area contributed by atoms with Crippen LogP contribution < -0.4 is 11.1 Å². The summed E-state index contributed by atoms with van der Waals surface area (Å²) < 4.78 is 0. The second kappa shape index (κ2) is 6.21. The zero-order valence-corrected chi connectivity index (χ0v) is 8.76. The van der Waals surface area contributed by atoms with Gasteiger partial charge in [-0.15, -0.1) is 0 Å². The number of hydrogen-bond donors (Lipinski definition) is 5. The van der Waals surface area contributed by atoms with Crippen molar-refractivity contribution in [3.8, 4) is 0 Å². The Bertz CT molecular complexity index is 313. The molecule has 7 heteroatoms. The Kier molecular flexibility index (Phi) is 4.90. The molecule has 0 saturated heterocycles. The lowest BCUT2D eigenvalue weighted by Gasteiger charge is -2.19. The van der Waals surface area contributed by atoms with Crippen molar-refractivity contribution in [1.29, 1.82) is 0 Å². The highest BCUT2D eigenvalue weighted by Gasteiger charge is 2.19. The molecule has 0 fully saturated rings. The fourth-order valence-corrected chi connectivity index (χ4v) is 1.27. The summed E-state index contributed by atoms with van der Waals surface area (Å²) in [6.07, 6.45) is 1.85. The standard InChI is InChI=1S/C9H16N4O3/c10-2-1-8(14)13-7(9(15)16)3-6-4-11-5-12-6/h4-5,7,9,15-16H,1-3,10H2,(H,11,12)(H,13,14)/t7-/m0/s1. The van der Waals surface area contributed by atoms with E-state index in [2.05, 4.69) is 15.3 Å². The molecule has 0 unspecified atom stereocenters. The number of carbonyl (C=O) groups is 1. The first-order chi connectivity index (χ1) is 7.63. The summed E-state index contributed by atoms with van der Waals surface area (Å²) in [6.45, 7) is 0.226. The summed E-state index contributed by atoms with van der Waals surface area (Å²) in [4.78, 5) is 17.9. The van der Waals surface area contributed by atoms with Crippen LogP contribution in [0.25, 0.3) is 0 Å². The van der Waals surface area contributed by atoms with E-state index in [0.717, 1.165) is 0 Å². The van der Waals surface area contributed by atoms with Crippen LogP contribution in [-0.4, -0.2) is 45.0 Å². The van der Waals surface area contributed by atoms with E-state index in [1.807, 2.05) is 0 Å². The van der Waals surface area contributed by atoms with E-state index < -0.39 is 12.3 Å². The van der Waals surface area contributed by atoms with Gasteiger partial charge in [0.1, 0.15) is 0 Å². The van der Waals surface area contributed by atoms with Crippen LogP contribution in [0, 0.1) is 0 Å². The van der Waals surface area contributed by atoms with Crippen molar-refractivity contribution in [2.45, 2.75) is 25.2 Å². The van der Waals surface area contributed by atoms with Gasteiger partial charge in [0.2, 0.25) is 5.91 Å². The maximum atomic E-state index is 11.2. The molecule has 7 nitrogen and oxygen atoms in total. The minimum absolute atomic E-state index is 0.159. The Morgan fingerprint density at radius 1 is 1.62 bits per heavy atom. The molecule has 1 amide bonds. The van der Waals surface area contributed by atoms with E-state index in [0.29, 0.717) is 5.69 Å². The van der Waals surface area contributed by atoms with Gasteiger partial charge in [0, 0.05) is 31.3 Å². The number of imidazole rings is 1. The van der Waals surface area contributed by atoms with Gasteiger partial charge in [-0.2, -0.15) is 0 Å². The van der Waals surface area contributed by atoms with Crippen LogP contribution in [0.2, 0.25) is 0 Å². The quantitative estimate of drug-likeness (QED) is 0.364. The molecule has 0 aromatic carbocycles. The third-order valence-corrected chi connectivity index (χ3v) is 2.07. The van der Waals surface area contributed by atoms with Gasteiger partial charge in [-0.05, 0) is 0 Å². The molecule has 0 spiro atoms. The lowest BCUT2D eigenvalue weighted by Crippen LogP contribution is -2.45. The number of aromatic nitrogens is 2. The molecule has 16 heavy (non-hydrogen) atoms. The van der Waals surface area contributed by atoms with Crippen molar-refractivity contribution in [3.63, 3.8) is 0 Å². The first-order valence-electron chi connectivity index (χ1n) is 4.96. The predicted octanol–water partition coefficient (Wildman–Crippen LogP) is -1.90. The average Bonchev–Trinajstić information content (AvgIpc) is 2.69. The fraction of sp³-hybridized carbons (Fsp3) is 0.556. The van der Waals surface area contributed by atoms with E-state index in [4.69, 9.17) is 15.9 Å². The first-order valence-corrected chi connectivity index (χ1v) is 4.96. The fourth-order valence-electron chi connectivity index (χ4n) is 1.27. The molecule has 1 aromatic rings. The van der Waals surface area contributed by atoms with Gasteiger partial charge in [-0.1, -0.05) is 0 Å². The smallest absolute Gasteiger partial charge is 0.221 e. The molecule has 0 aliphatic rings. The Hall–Kier alpha value is -1.44. The van der Waals surface area contributed by atoms with Gasteiger partial charge < -0.3 is 26.2 Å². The van der Waals surface area contributed by atoms with Gasteiger partial charge in [0.05, 0.1) is 12.4 Å². The molecule has 0 aliphatic carbocycles. The first kappa shape index (κ1) is 12.6. The molecule has 1 aromatic heterocycles. The number of hydrogen-bond acceptors (Lipinski definition) is 5. The van der Waals surface area contributed by atoms with Gasteiger partial charge in [-0.25, -0.2) is 4.98 Å². The molecule has 1 heterocycles. The maximum Gasteiger partial charge on any atom is 0.221 e. The van der Waals surface area contributed by atoms with Crippen molar-refractivity contribution in [2.24, 2.45) is 5.73 Å². The molecule has 1 rings (SSSR count). The molecule has 1 atom stereocenters.